The van der Waals surface area contributed by atoms with E-state index in [4.69, 9.17) is 9.84 Å². The SMILES string of the molecule is CCN(CCO)C(=O)C1CC(=O)N(CCOC)C1. The monoisotopic (exact) mass is 258 g/mol. The molecule has 0 spiro atoms. The van der Waals surface area contributed by atoms with E-state index in [1.807, 2.05) is 6.92 Å². The molecule has 6 nitrogen and oxygen atoms in total. The Bertz CT molecular complexity index is 296. The van der Waals surface area contributed by atoms with E-state index in [9.17, 15) is 9.59 Å². The lowest BCUT2D eigenvalue weighted by Gasteiger charge is -2.23. The number of aliphatic hydroxyl groups excluding tert-OH is 1. The molecule has 1 heterocycles. The van der Waals surface area contributed by atoms with E-state index in [2.05, 4.69) is 0 Å². The number of carbonyl (C=O) groups excluding carboxylic acids is 2. The summed E-state index contributed by atoms with van der Waals surface area (Å²) in [6.07, 6.45) is 0.268. The maximum absolute atomic E-state index is 12.1. The molecule has 6 heteroatoms. The van der Waals surface area contributed by atoms with E-state index >= 15 is 0 Å². The Morgan fingerprint density at radius 3 is 2.89 bits per heavy atom. The number of aliphatic hydroxyl groups is 1. The minimum Gasteiger partial charge on any atom is -0.395 e. The van der Waals surface area contributed by atoms with Crippen LogP contribution in [0.3, 0.4) is 0 Å². The van der Waals surface area contributed by atoms with Gasteiger partial charge in [0.05, 0.1) is 19.1 Å². The topological polar surface area (TPSA) is 70.1 Å². The number of carbonyl (C=O) groups is 2. The van der Waals surface area contributed by atoms with Gasteiger partial charge in [0.15, 0.2) is 0 Å². The average Bonchev–Trinajstić information content (AvgIpc) is 2.74. The molecule has 104 valence electrons. The van der Waals surface area contributed by atoms with Gasteiger partial charge < -0.3 is 19.6 Å². The Kier molecular flexibility index (Phi) is 6.07. The van der Waals surface area contributed by atoms with E-state index in [-0.39, 0.29) is 30.8 Å². The van der Waals surface area contributed by atoms with E-state index in [0.29, 0.717) is 32.8 Å². The summed E-state index contributed by atoms with van der Waals surface area (Å²) in [6.45, 7) is 4.19. The molecule has 1 rings (SSSR count). The lowest BCUT2D eigenvalue weighted by molar-refractivity contribution is -0.136. The summed E-state index contributed by atoms with van der Waals surface area (Å²) in [5, 5.41) is 8.89. The first-order chi connectivity index (χ1) is 8.63. The summed E-state index contributed by atoms with van der Waals surface area (Å²) in [5.74, 6) is -0.314. The van der Waals surface area contributed by atoms with Crippen molar-refractivity contribution in [3.05, 3.63) is 0 Å². The molecular weight excluding hydrogens is 236 g/mol. The summed E-state index contributed by atoms with van der Waals surface area (Å²) in [7, 11) is 1.59. The first kappa shape index (κ1) is 14.9. The molecule has 0 aromatic heterocycles. The van der Waals surface area contributed by atoms with Gasteiger partial charge in [0.1, 0.15) is 0 Å². The third kappa shape index (κ3) is 3.68. The number of hydrogen-bond donors (Lipinski definition) is 1. The molecule has 0 aromatic rings. The number of methoxy groups -OCH3 is 1. The van der Waals surface area contributed by atoms with Crippen molar-refractivity contribution in [1.82, 2.24) is 9.80 Å². The van der Waals surface area contributed by atoms with Crippen LogP contribution in [0.25, 0.3) is 0 Å². The van der Waals surface area contributed by atoms with E-state index in [0.717, 1.165) is 0 Å². The summed E-state index contributed by atoms with van der Waals surface area (Å²) >= 11 is 0. The first-order valence-electron chi connectivity index (χ1n) is 6.30. The molecule has 1 fully saturated rings. The van der Waals surface area contributed by atoms with Gasteiger partial charge in [-0.2, -0.15) is 0 Å². The van der Waals surface area contributed by atoms with Gasteiger partial charge in [-0.3, -0.25) is 9.59 Å². The summed E-state index contributed by atoms with van der Waals surface area (Å²) in [4.78, 5) is 27.1. The van der Waals surface area contributed by atoms with Gasteiger partial charge >= 0.3 is 0 Å². The van der Waals surface area contributed by atoms with E-state index in [1.54, 1.807) is 16.9 Å². The molecule has 2 amide bonds. The third-order valence-corrected chi connectivity index (χ3v) is 3.19. The fourth-order valence-corrected chi connectivity index (χ4v) is 2.16. The van der Waals surface area contributed by atoms with Crippen LogP contribution in [0.4, 0.5) is 0 Å². The number of likely N-dealkylation sites (tertiary alicyclic amines) is 1. The van der Waals surface area contributed by atoms with Crippen molar-refractivity contribution >= 4 is 11.8 Å². The number of ether oxygens (including phenoxy) is 1. The van der Waals surface area contributed by atoms with Crippen LogP contribution in [-0.4, -0.2) is 73.2 Å². The highest BCUT2D eigenvalue weighted by atomic mass is 16.5. The number of likely N-dealkylation sites (N-methyl/N-ethyl adjacent to an activating group) is 1. The Hall–Kier alpha value is -1.14. The van der Waals surface area contributed by atoms with Crippen LogP contribution >= 0.6 is 0 Å². The molecule has 0 bridgehead atoms. The van der Waals surface area contributed by atoms with E-state index in [1.165, 1.54) is 0 Å². The molecule has 0 aliphatic carbocycles. The van der Waals surface area contributed by atoms with Crippen LogP contribution in [0.2, 0.25) is 0 Å². The number of nitrogens with zero attached hydrogens (tertiary/aromatic N) is 2. The van der Waals surface area contributed by atoms with Crippen LogP contribution in [0, 0.1) is 5.92 Å². The molecule has 1 saturated heterocycles. The van der Waals surface area contributed by atoms with Crippen molar-refractivity contribution in [3.8, 4) is 0 Å². The van der Waals surface area contributed by atoms with E-state index < -0.39 is 0 Å². The van der Waals surface area contributed by atoms with Crippen LogP contribution in [-0.2, 0) is 14.3 Å². The standard InChI is InChI=1S/C12H22N2O4/c1-3-13(4-6-15)12(17)10-8-11(16)14(9-10)5-7-18-2/h10,15H,3-9H2,1-2H3. The van der Waals surface area contributed by atoms with Crippen molar-refractivity contribution in [2.45, 2.75) is 13.3 Å². The minimum absolute atomic E-state index is 0.00505. The Balaban J connectivity index is 2.53. The van der Waals surface area contributed by atoms with Crippen molar-refractivity contribution in [1.29, 1.82) is 0 Å². The van der Waals surface area contributed by atoms with Crippen LogP contribution in [0.1, 0.15) is 13.3 Å². The molecule has 0 aromatic carbocycles. The Morgan fingerprint density at radius 2 is 2.33 bits per heavy atom. The fraction of sp³-hybridized carbons (Fsp3) is 0.833. The predicted octanol–water partition coefficient (Wildman–Crippen LogP) is -0.678. The fourth-order valence-electron chi connectivity index (χ4n) is 2.16. The summed E-state index contributed by atoms with van der Waals surface area (Å²) in [5.41, 5.74) is 0. The van der Waals surface area contributed by atoms with Gasteiger partial charge in [0.2, 0.25) is 11.8 Å². The molecule has 0 saturated carbocycles. The van der Waals surface area contributed by atoms with Crippen molar-refractivity contribution in [3.63, 3.8) is 0 Å². The average molecular weight is 258 g/mol. The highest BCUT2D eigenvalue weighted by Crippen LogP contribution is 2.19. The molecular formula is C12H22N2O4. The number of rotatable bonds is 7. The van der Waals surface area contributed by atoms with Crippen LogP contribution in [0.5, 0.6) is 0 Å². The zero-order valence-corrected chi connectivity index (χ0v) is 11.1. The second-order valence-corrected chi connectivity index (χ2v) is 4.38. The molecule has 1 unspecified atom stereocenters. The second kappa shape index (κ2) is 7.33. The summed E-state index contributed by atoms with van der Waals surface area (Å²) < 4.78 is 4.93. The lowest BCUT2D eigenvalue weighted by Crippen LogP contribution is -2.39. The highest BCUT2D eigenvalue weighted by molar-refractivity contribution is 5.89. The second-order valence-electron chi connectivity index (χ2n) is 4.38. The maximum Gasteiger partial charge on any atom is 0.228 e. The Labute approximate surface area is 107 Å². The molecule has 0 radical (unpaired) electrons. The van der Waals surface area contributed by atoms with Gasteiger partial charge in [0, 0.05) is 39.7 Å². The molecule has 18 heavy (non-hydrogen) atoms. The van der Waals surface area contributed by atoms with Gasteiger partial charge in [-0.05, 0) is 6.92 Å². The molecule has 1 aliphatic rings. The maximum atomic E-state index is 12.1. The molecule has 1 atom stereocenters. The smallest absolute Gasteiger partial charge is 0.228 e. The van der Waals surface area contributed by atoms with Crippen molar-refractivity contribution < 1.29 is 19.4 Å². The largest absolute Gasteiger partial charge is 0.395 e. The van der Waals surface area contributed by atoms with Crippen molar-refractivity contribution in [2.24, 2.45) is 5.92 Å². The quantitative estimate of drug-likeness (QED) is 0.657. The van der Waals surface area contributed by atoms with Gasteiger partial charge in [0.25, 0.3) is 0 Å². The van der Waals surface area contributed by atoms with Crippen LogP contribution in [0.15, 0.2) is 0 Å². The predicted molar refractivity (Wildman–Crippen MR) is 65.9 cm³/mol. The van der Waals surface area contributed by atoms with Gasteiger partial charge in [-0.1, -0.05) is 0 Å². The first-order valence-corrected chi connectivity index (χ1v) is 6.30. The minimum atomic E-state index is -0.277. The number of amides is 2. The van der Waals surface area contributed by atoms with Crippen molar-refractivity contribution in [2.75, 3.05) is 46.5 Å². The molecule has 1 N–H and O–H groups in total. The molecule has 1 aliphatic heterocycles. The highest BCUT2D eigenvalue weighted by Gasteiger charge is 2.35. The zero-order chi connectivity index (χ0) is 13.5. The normalized spacial score (nSPS) is 19.4. The Morgan fingerprint density at radius 1 is 1.61 bits per heavy atom. The van der Waals surface area contributed by atoms with Gasteiger partial charge in [-0.15, -0.1) is 0 Å². The third-order valence-electron chi connectivity index (χ3n) is 3.19. The summed E-state index contributed by atoms with van der Waals surface area (Å²) in [6, 6.07) is 0. The van der Waals surface area contributed by atoms with Crippen LogP contribution < -0.4 is 0 Å². The number of hydrogen-bond acceptors (Lipinski definition) is 4. The lowest BCUT2D eigenvalue weighted by atomic mass is 10.1. The van der Waals surface area contributed by atoms with Gasteiger partial charge in [-0.25, -0.2) is 0 Å². The zero-order valence-electron chi connectivity index (χ0n) is 11.1.